The first-order chi connectivity index (χ1) is 17.0. The lowest BCUT2D eigenvalue weighted by molar-refractivity contribution is -0.138. The van der Waals surface area contributed by atoms with E-state index in [1.165, 1.54) is 10.4 Å². The van der Waals surface area contributed by atoms with Crippen molar-refractivity contribution in [1.82, 2.24) is 9.21 Å². The average molecular weight is 521 g/mol. The Labute approximate surface area is 216 Å². The van der Waals surface area contributed by atoms with Gasteiger partial charge in [0.15, 0.2) is 0 Å². The summed E-state index contributed by atoms with van der Waals surface area (Å²) in [5.74, 6) is 6.65. The van der Waals surface area contributed by atoms with Crippen molar-refractivity contribution >= 4 is 15.9 Å². The lowest BCUT2D eigenvalue weighted by Gasteiger charge is -2.38. The summed E-state index contributed by atoms with van der Waals surface area (Å²) >= 11 is 0. The van der Waals surface area contributed by atoms with Gasteiger partial charge in [-0.3, -0.25) is 4.79 Å². The fourth-order valence-corrected chi connectivity index (χ4v) is 6.32. The van der Waals surface area contributed by atoms with E-state index in [0.717, 1.165) is 6.42 Å². The highest BCUT2D eigenvalue weighted by Crippen LogP contribution is 2.34. The molecule has 1 aromatic carbocycles. The number of aliphatic hydroxyl groups excluding tert-OH is 1. The van der Waals surface area contributed by atoms with Crippen molar-refractivity contribution < 1.29 is 27.8 Å². The summed E-state index contributed by atoms with van der Waals surface area (Å²) in [6, 6.07) is 4.30. The van der Waals surface area contributed by atoms with E-state index >= 15 is 0 Å². The Bertz CT molecular complexity index is 1070. The molecule has 2 aliphatic heterocycles. The third kappa shape index (κ3) is 6.80. The molecular formula is C27H40N2O6S. The van der Waals surface area contributed by atoms with Crippen LogP contribution in [0.4, 0.5) is 0 Å². The van der Waals surface area contributed by atoms with E-state index in [1.54, 1.807) is 31.0 Å². The van der Waals surface area contributed by atoms with E-state index in [4.69, 9.17) is 9.47 Å². The predicted octanol–water partition coefficient (Wildman–Crippen LogP) is 2.74. The first-order valence-corrected chi connectivity index (χ1v) is 14.2. The van der Waals surface area contributed by atoms with E-state index in [1.807, 2.05) is 6.92 Å². The molecule has 2 aliphatic rings. The van der Waals surface area contributed by atoms with Gasteiger partial charge in [-0.15, -0.1) is 0 Å². The number of fused-ring (bicyclic) bond motifs is 1. The van der Waals surface area contributed by atoms with Crippen molar-refractivity contribution in [2.24, 2.45) is 17.8 Å². The summed E-state index contributed by atoms with van der Waals surface area (Å²) in [7, 11) is -2.15. The average Bonchev–Trinajstić information content (AvgIpc) is 2.85. The molecule has 1 fully saturated rings. The number of carbonyl (C=O) groups is 1. The quantitative estimate of drug-likeness (QED) is 0.580. The summed E-state index contributed by atoms with van der Waals surface area (Å²) in [4.78, 5) is 14.8. The number of hydrogen-bond donors (Lipinski definition) is 1. The van der Waals surface area contributed by atoms with Crippen molar-refractivity contribution in [3.05, 3.63) is 23.8 Å². The van der Waals surface area contributed by atoms with Crippen molar-refractivity contribution in [1.29, 1.82) is 0 Å². The van der Waals surface area contributed by atoms with Crippen molar-refractivity contribution in [3.8, 4) is 17.6 Å². The standard InChI is InChI=1S/C27H40N2O6S/c1-19(2)7-6-8-22-9-10-26-24(15-22)35-25(17-28(5)27(31)23-11-13-34-14-12-23)20(3)16-29(21(4)18-30)36(26,32)33/h9-10,15,19-21,23,25,30H,7,11-14,16-18H2,1-5H3/t20-,21-,25+/m0/s1. The van der Waals surface area contributed by atoms with Gasteiger partial charge in [0.1, 0.15) is 16.7 Å². The van der Waals surface area contributed by atoms with Crippen LogP contribution in [0.1, 0.15) is 52.5 Å². The number of sulfonamides is 1. The topological polar surface area (TPSA) is 96.4 Å². The van der Waals surface area contributed by atoms with Gasteiger partial charge < -0.3 is 19.5 Å². The minimum atomic E-state index is -3.92. The van der Waals surface area contributed by atoms with E-state index < -0.39 is 22.2 Å². The van der Waals surface area contributed by atoms with Crippen LogP contribution in [0.5, 0.6) is 5.75 Å². The largest absolute Gasteiger partial charge is 0.487 e. The first kappa shape index (κ1) is 28.5. The Morgan fingerprint density at radius 1 is 1.25 bits per heavy atom. The molecule has 3 atom stereocenters. The van der Waals surface area contributed by atoms with Crippen LogP contribution in [0.3, 0.4) is 0 Å². The third-order valence-electron chi connectivity index (χ3n) is 6.81. The van der Waals surface area contributed by atoms with E-state index in [9.17, 15) is 18.3 Å². The van der Waals surface area contributed by atoms with Crippen molar-refractivity contribution in [2.45, 2.75) is 64.0 Å². The van der Waals surface area contributed by atoms with Gasteiger partial charge in [-0.25, -0.2) is 8.42 Å². The smallest absolute Gasteiger partial charge is 0.247 e. The Morgan fingerprint density at radius 3 is 2.58 bits per heavy atom. The molecule has 1 aromatic rings. The Balaban J connectivity index is 1.96. The van der Waals surface area contributed by atoms with E-state index in [0.29, 0.717) is 44.1 Å². The van der Waals surface area contributed by atoms with Gasteiger partial charge in [0.25, 0.3) is 0 Å². The zero-order valence-electron chi connectivity index (χ0n) is 22.1. The van der Waals surface area contributed by atoms with Gasteiger partial charge in [0.2, 0.25) is 15.9 Å². The third-order valence-corrected chi connectivity index (χ3v) is 8.83. The molecule has 2 heterocycles. The summed E-state index contributed by atoms with van der Waals surface area (Å²) in [5.41, 5.74) is 0.671. The lowest BCUT2D eigenvalue weighted by Crippen LogP contribution is -2.50. The van der Waals surface area contributed by atoms with Crippen LogP contribution in [0.15, 0.2) is 23.1 Å². The maximum Gasteiger partial charge on any atom is 0.247 e. The molecule has 1 saturated heterocycles. The number of benzene rings is 1. The number of amides is 1. The van der Waals surface area contributed by atoms with Crippen LogP contribution in [0, 0.1) is 29.6 Å². The fraction of sp³-hybridized carbons (Fsp3) is 0.667. The molecule has 3 rings (SSSR count). The molecule has 1 amide bonds. The molecule has 9 heteroatoms. The number of hydrogen-bond acceptors (Lipinski definition) is 6. The summed E-state index contributed by atoms with van der Waals surface area (Å²) in [6.45, 7) is 9.15. The Morgan fingerprint density at radius 2 is 1.94 bits per heavy atom. The monoisotopic (exact) mass is 520 g/mol. The first-order valence-electron chi connectivity index (χ1n) is 12.8. The molecule has 0 spiro atoms. The van der Waals surface area contributed by atoms with Crippen LogP contribution in [-0.4, -0.2) is 80.7 Å². The van der Waals surface area contributed by atoms with Crippen molar-refractivity contribution in [2.75, 3.05) is 40.0 Å². The molecule has 0 bridgehead atoms. The second kappa shape index (κ2) is 12.4. The minimum Gasteiger partial charge on any atom is -0.487 e. The number of rotatable bonds is 6. The fourth-order valence-electron chi connectivity index (χ4n) is 4.49. The van der Waals surface area contributed by atoms with Crippen LogP contribution < -0.4 is 4.74 Å². The SMILES string of the molecule is CC(C)CC#Cc1ccc2c(c1)O[C@H](CN(C)C(=O)C1CCOCC1)[C@@H](C)CN([C@@H](C)CO)S2(=O)=O. The van der Waals surface area contributed by atoms with Crippen molar-refractivity contribution in [3.63, 3.8) is 0 Å². The Kier molecular flexibility index (Phi) is 9.81. The van der Waals surface area contributed by atoms with Gasteiger partial charge in [0.05, 0.1) is 13.2 Å². The number of ether oxygens (including phenoxy) is 2. The van der Waals surface area contributed by atoms with Crippen LogP contribution >= 0.6 is 0 Å². The van der Waals surface area contributed by atoms with Gasteiger partial charge in [-0.1, -0.05) is 32.6 Å². The summed E-state index contributed by atoms with van der Waals surface area (Å²) in [5, 5.41) is 9.81. The molecule has 36 heavy (non-hydrogen) atoms. The van der Waals surface area contributed by atoms with Gasteiger partial charge >= 0.3 is 0 Å². The maximum absolute atomic E-state index is 13.6. The Hall–Kier alpha value is -2.12. The van der Waals surface area contributed by atoms with E-state index in [-0.39, 0.29) is 41.5 Å². The maximum atomic E-state index is 13.6. The molecule has 200 valence electrons. The summed E-state index contributed by atoms with van der Waals surface area (Å²) in [6.07, 6.45) is 1.69. The second-order valence-corrected chi connectivity index (χ2v) is 12.3. The molecule has 8 nitrogen and oxygen atoms in total. The van der Waals surface area contributed by atoms with Gasteiger partial charge in [-0.05, 0) is 43.9 Å². The number of carbonyl (C=O) groups excluding carboxylic acids is 1. The molecule has 0 saturated carbocycles. The highest BCUT2D eigenvalue weighted by Gasteiger charge is 2.38. The van der Waals surface area contributed by atoms with Gasteiger partial charge in [-0.2, -0.15) is 4.31 Å². The molecule has 0 aliphatic carbocycles. The lowest BCUT2D eigenvalue weighted by atomic mass is 9.97. The van der Waals surface area contributed by atoms with Crippen LogP contribution in [0.2, 0.25) is 0 Å². The minimum absolute atomic E-state index is 0.0486. The van der Waals surface area contributed by atoms with Crippen LogP contribution in [0.25, 0.3) is 0 Å². The number of likely N-dealkylation sites (N-methyl/N-ethyl adjacent to an activating group) is 1. The molecule has 0 aromatic heterocycles. The molecular weight excluding hydrogens is 480 g/mol. The highest BCUT2D eigenvalue weighted by molar-refractivity contribution is 7.89. The van der Waals surface area contributed by atoms with Gasteiger partial charge in [0, 0.05) is 56.7 Å². The molecule has 0 radical (unpaired) electrons. The number of aliphatic hydroxyl groups is 1. The highest BCUT2D eigenvalue weighted by atomic mass is 32.2. The normalized spacial score (nSPS) is 23.4. The predicted molar refractivity (Wildman–Crippen MR) is 138 cm³/mol. The van der Waals surface area contributed by atoms with E-state index in [2.05, 4.69) is 25.7 Å². The molecule has 1 N–H and O–H groups in total. The summed E-state index contributed by atoms with van der Waals surface area (Å²) < 4.78 is 40.3. The zero-order chi connectivity index (χ0) is 26.5. The second-order valence-electron chi connectivity index (χ2n) is 10.4. The zero-order valence-corrected chi connectivity index (χ0v) is 22.9. The molecule has 0 unspecified atom stereocenters. The van der Waals surface area contributed by atoms with Crippen LogP contribution in [-0.2, 0) is 19.6 Å². The number of nitrogens with zero attached hydrogens (tertiary/aromatic N) is 2.